The first-order valence-corrected chi connectivity index (χ1v) is 3.98. The highest BCUT2D eigenvalue weighted by atomic mass is 16.5. The van der Waals surface area contributed by atoms with Gasteiger partial charge in [0.1, 0.15) is 6.61 Å². The average molecular weight is 170 g/mol. The smallest absolute Gasteiger partial charge is 0.162 e. The number of ether oxygens (including phenoxy) is 1. The van der Waals surface area contributed by atoms with Gasteiger partial charge in [-0.15, -0.1) is 0 Å². The van der Waals surface area contributed by atoms with Crippen LogP contribution in [0.15, 0.2) is 10.6 Å². The van der Waals surface area contributed by atoms with Crippen molar-refractivity contribution in [3.63, 3.8) is 0 Å². The zero-order chi connectivity index (χ0) is 8.97. The Hall–Kier alpha value is -0.870. The molecule has 0 amide bonds. The fraction of sp³-hybridized carbons (Fsp3) is 0.625. The lowest BCUT2D eigenvalue weighted by Gasteiger charge is -2.02. The largest absolute Gasteiger partial charge is 0.371 e. The molecular weight excluding hydrogens is 156 g/mol. The number of nitrogens with zero attached hydrogens (tertiary/aromatic N) is 1. The molecule has 4 nitrogen and oxygen atoms in total. The van der Waals surface area contributed by atoms with Crippen molar-refractivity contribution < 1.29 is 9.26 Å². The molecule has 0 saturated heterocycles. The lowest BCUT2D eigenvalue weighted by Crippen LogP contribution is -2.01. The Morgan fingerprint density at radius 2 is 2.42 bits per heavy atom. The van der Waals surface area contributed by atoms with Gasteiger partial charge in [0, 0.05) is 12.6 Å². The Labute approximate surface area is 71.7 Å². The molecule has 0 bridgehead atoms. The van der Waals surface area contributed by atoms with E-state index in [1.54, 1.807) is 0 Å². The van der Waals surface area contributed by atoms with Gasteiger partial charge in [0.25, 0.3) is 0 Å². The summed E-state index contributed by atoms with van der Waals surface area (Å²) in [6.07, 6.45) is 0.205. The highest BCUT2D eigenvalue weighted by Crippen LogP contribution is 2.05. The van der Waals surface area contributed by atoms with Crippen molar-refractivity contribution in [1.82, 2.24) is 5.16 Å². The quantitative estimate of drug-likeness (QED) is 0.733. The van der Waals surface area contributed by atoms with Gasteiger partial charge in [-0.05, 0) is 13.8 Å². The van der Waals surface area contributed by atoms with Crippen LogP contribution in [0.4, 0.5) is 0 Å². The summed E-state index contributed by atoms with van der Waals surface area (Å²) in [5, 5.41) is 3.73. The molecule has 0 atom stereocenters. The Morgan fingerprint density at radius 3 is 2.92 bits per heavy atom. The molecule has 1 aromatic heterocycles. The maximum absolute atomic E-state index is 5.36. The van der Waals surface area contributed by atoms with E-state index < -0.39 is 0 Å². The van der Waals surface area contributed by atoms with E-state index in [2.05, 4.69) is 5.16 Å². The summed E-state index contributed by atoms with van der Waals surface area (Å²) in [5.74, 6) is 0.726. The number of hydrogen-bond donors (Lipinski definition) is 1. The van der Waals surface area contributed by atoms with E-state index >= 15 is 0 Å². The van der Waals surface area contributed by atoms with Gasteiger partial charge in [0.15, 0.2) is 5.76 Å². The Bertz CT molecular complexity index is 233. The van der Waals surface area contributed by atoms with Crippen molar-refractivity contribution in [3.8, 4) is 0 Å². The SMILES string of the molecule is CC(C)OCc1cc(CN)no1. The van der Waals surface area contributed by atoms with Gasteiger partial charge in [0.05, 0.1) is 11.8 Å². The fourth-order valence-electron chi connectivity index (χ4n) is 0.769. The van der Waals surface area contributed by atoms with Crippen molar-refractivity contribution in [3.05, 3.63) is 17.5 Å². The first-order chi connectivity index (χ1) is 5.72. The topological polar surface area (TPSA) is 61.3 Å². The van der Waals surface area contributed by atoms with Gasteiger partial charge in [0.2, 0.25) is 0 Å². The summed E-state index contributed by atoms with van der Waals surface area (Å²) < 4.78 is 10.3. The minimum absolute atomic E-state index is 0.205. The van der Waals surface area contributed by atoms with Gasteiger partial charge >= 0.3 is 0 Å². The van der Waals surface area contributed by atoms with E-state index in [9.17, 15) is 0 Å². The highest BCUT2D eigenvalue weighted by molar-refractivity contribution is 5.03. The van der Waals surface area contributed by atoms with Crippen LogP contribution in [0.1, 0.15) is 25.3 Å². The van der Waals surface area contributed by atoms with Crippen LogP contribution < -0.4 is 5.73 Å². The van der Waals surface area contributed by atoms with E-state index in [0.717, 1.165) is 11.5 Å². The standard InChI is InChI=1S/C8H14N2O2/c1-6(2)11-5-8-3-7(4-9)10-12-8/h3,6H,4-5,9H2,1-2H3. The lowest BCUT2D eigenvalue weighted by atomic mass is 10.4. The maximum Gasteiger partial charge on any atom is 0.162 e. The molecule has 0 fully saturated rings. The molecular formula is C8H14N2O2. The van der Waals surface area contributed by atoms with Crippen LogP contribution in [0.3, 0.4) is 0 Å². The first kappa shape index (κ1) is 9.22. The summed E-state index contributed by atoms with van der Waals surface area (Å²) >= 11 is 0. The summed E-state index contributed by atoms with van der Waals surface area (Å²) in [7, 11) is 0. The van der Waals surface area contributed by atoms with Crippen molar-refractivity contribution in [2.45, 2.75) is 33.1 Å². The summed E-state index contributed by atoms with van der Waals surface area (Å²) in [6.45, 7) is 4.82. The summed E-state index contributed by atoms with van der Waals surface area (Å²) in [4.78, 5) is 0. The molecule has 2 N–H and O–H groups in total. The average Bonchev–Trinajstić information content (AvgIpc) is 2.48. The third-order valence-corrected chi connectivity index (χ3v) is 1.38. The lowest BCUT2D eigenvalue weighted by molar-refractivity contribution is 0.0512. The van der Waals surface area contributed by atoms with E-state index in [-0.39, 0.29) is 6.10 Å². The Kier molecular flexibility index (Phi) is 3.25. The maximum atomic E-state index is 5.36. The van der Waals surface area contributed by atoms with Crippen molar-refractivity contribution >= 4 is 0 Å². The molecule has 1 aromatic rings. The van der Waals surface area contributed by atoms with Gasteiger partial charge in [-0.2, -0.15) is 0 Å². The molecule has 1 rings (SSSR count). The van der Waals surface area contributed by atoms with Crippen LogP contribution in [0.25, 0.3) is 0 Å². The molecule has 0 unspecified atom stereocenters. The number of nitrogens with two attached hydrogens (primary N) is 1. The second-order valence-electron chi connectivity index (χ2n) is 2.85. The molecule has 1 heterocycles. The van der Waals surface area contributed by atoms with E-state index in [4.69, 9.17) is 15.0 Å². The second kappa shape index (κ2) is 4.23. The third-order valence-electron chi connectivity index (χ3n) is 1.38. The minimum atomic E-state index is 0.205. The van der Waals surface area contributed by atoms with Gasteiger partial charge in [-0.25, -0.2) is 0 Å². The molecule has 0 aromatic carbocycles. The van der Waals surface area contributed by atoms with E-state index in [1.165, 1.54) is 0 Å². The van der Waals surface area contributed by atoms with Crippen LogP contribution in [0, 0.1) is 0 Å². The van der Waals surface area contributed by atoms with Crippen molar-refractivity contribution in [2.75, 3.05) is 0 Å². The highest BCUT2D eigenvalue weighted by Gasteiger charge is 2.03. The predicted molar refractivity (Wildman–Crippen MR) is 44.3 cm³/mol. The summed E-state index contributed by atoms with van der Waals surface area (Å²) in [6, 6.07) is 1.81. The van der Waals surface area contributed by atoms with E-state index in [1.807, 2.05) is 19.9 Å². The zero-order valence-corrected chi connectivity index (χ0v) is 7.41. The number of rotatable bonds is 4. The van der Waals surface area contributed by atoms with Crippen LogP contribution in [0.5, 0.6) is 0 Å². The third kappa shape index (κ3) is 2.64. The summed E-state index contributed by atoms with van der Waals surface area (Å²) in [5.41, 5.74) is 6.12. The molecule has 0 aliphatic carbocycles. The van der Waals surface area contributed by atoms with Crippen molar-refractivity contribution in [2.24, 2.45) is 5.73 Å². The van der Waals surface area contributed by atoms with Crippen LogP contribution in [-0.2, 0) is 17.9 Å². The van der Waals surface area contributed by atoms with E-state index in [0.29, 0.717) is 13.2 Å². The second-order valence-corrected chi connectivity index (χ2v) is 2.85. The molecule has 68 valence electrons. The normalized spacial score (nSPS) is 11.0. The number of aromatic nitrogens is 1. The van der Waals surface area contributed by atoms with Gasteiger partial charge < -0.3 is 15.0 Å². The molecule has 0 aliphatic heterocycles. The molecule has 0 aliphatic rings. The molecule has 4 heteroatoms. The fourth-order valence-corrected chi connectivity index (χ4v) is 0.769. The van der Waals surface area contributed by atoms with Crippen molar-refractivity contribution in [1.29, 1.82) is 0 Å². The van der Waals surface area contributed by atoms with Crippen LogP contribution >= 0.6 is 0 Å². The Morgan fingerprint density at radius 1 is 1.67 bits per heavy atom. The predicted octanol–water partition coefficient (Wildman–Crippen LogP) is 1.06. The zero-order valence-electron chi connectivity index (χ0n) is 7.41. The molecule has 0 spiro atoms. The Balaban J connectivity index is 2.41. The van der Waals surface area contributed by atoms with Crippen LogP contribution in [-0.4, -0.2) is 11.3 Å². The molecule has 12 heavy (non-hydrogen) atoms. The van der Waals surface area contributed by atoms with Gasteiger partial charge in [-0.1, -0.05) is 5.16 Å². The van der Waals surface area contributed by atoms with Gasteiger partial charge in [-0.3, -0.25) is 0 Å². The molecule has 0 radical (unpaired) electrons. The molecule has 0 saturated carbocycles. The monoisotopic (exact) mass is 170 g/mol. The van der Waals surface area contributed by atoms with Crippen LogP contribution in [0.2, 0.25) is 0 Å². The minimum Gasteiger partial charge on any atom is -0.371 e. The number of hydrogen-bond acceptors (Lipinski definition) is 4. The first-order valence-electron chi connectivity index (χ1n) is 3.98.